The molecule has 0 aliphatic heterocycles. The van der Waals surface area contributed by atoms with Gasteiger partial charge in [0.1, 0.15) is 0 Å². The molecule has 88 valence electrons. The Kier molecular flexibility index (Phi) is 3.46. The summed E-state index contributed by atoms with van der Waals surface area (Å²) in [6.45, 7) is 3.28. The molecule has 0 aromatic heterocycles. The molecule has 1 saturated carbocycles. The number of aliphatic carboxylic acids is 1. The topological polar surface area (TPSA) is 37.3 Å². The van der Waals surface area contributed by atoms with Crippen LogP contribution >= 0.6 is 58.0 Å². The Balaban J connectivity index is 3.17. The largest absolute Gasteiger partial charge is 0.480 e. The lowest BCUT2D eigenvalue weighted by Gasteiger charge is -2.60. The van der Waals surface area contributed by atoms with Crippen molar-refractivity contribution in [1.82, 2.24) is 0 Å². The van der Waals surface area contributed by atoms with Gasteiger partial charge in [-0.05, 0) is 0 Å². The monoisotopic (exact) mass is 312 g/mol. The standard InChI is InChI=1S/C8H9Cl5O2/c1-6(2)4(9)3(8(11,12)13)7(6,10)5(14)15/h3-4H,1-2H3,(H,14,15). The Bertz CT molecular complexity index is 298. The second-order valence-electron chi connectivity index (χ2n) is 4.16. The molecule has 0 bridgehead atoms. The number of carbonyl (C=O) groups is 1. The quantitative estimate of drug-likeness (QED) is 0.750. The summed E-state index contributed by atoms with van der Waals surface area (Å²) >= 11 is 29.1. The van der Waals surface area contributed by atoms with E-state index in [2.05, 4.69) is 0 Å². The molecule has 0 amide bonds. The van der Waals surface area contributed by atoms with Crippen molar-refractivity contribution >= 4 is 64.0 Å². The lowest BCUT2D eigenvalue weighted by atomic mass is 9.54. The maximum atomic E-state index is 11.2. The molecule has 1 rings (SSSR count). The fourth-order valence-corrected chi connectivity index (χ4v) is 4.23. The van der Waals surface area contributed by atoms with E-state index in [4.69, 9.17) is 63.1 Å². The zero-order chi connectivity index (χ0) is 12.2. The summed E-state index contributed by atoms with van der Waals surface area (Å²) in [5.74, 6) is -2.15. The predicted molar refractivity (Wildman–Crippen MR) is 63.4 cm³/mol. The summed E-state index contributed by atoms with van der Waals surface area (Å²) in [6.07, 6.45) is 0. The van der Waals surface area contributed by atoms with Gasteiger partial charge in [-0.1, -0.05) is 48.7 Å². The molecule has 1 N–H and O–H groups in total. The van der Waals surface area contributed by atoms with E-state index in [1.165, 1.54) is 0 Å². The minimum atomic E-state index is -1.79. The first-order valence-electron chi connectivity index (χ1n) is 4.10. The first kappa shape index (κ1) is 14.0. The molecule has 7 heteroatoms. The van der Waals surface area contributed by atoms with Crippen LogP contribution in [0.25, 0.3) is 0 Å². The van der Waals surface area contributed by atoms with E-state index < -0.39 is 31.3 Å². The first-order chi connectivity index (χ1) is 6.47. The Morgan fingerprint density at radius 1 is 1.33 bits per heavy atom. The van der Waals surface area contributed by atoms with E-state index in [1.807, 2.05) is 0 Å². The van der Waals surface area contributed by atoms with E-state index in [1.54, 1.807) is 13.8 Å². The van der Waals surface area contributed by atoms with Crippen LogP contribution < -0.4 is 0 Å². The molecule has 0 heterocycles. The normalized spacial score (nSPS) is 39.7. The third-order valence-corrected chi connectivity index (χ3v) is 5.40. The van der Waals surface area contributed by atoms with Gasteiger partial charge >= 0.3 is 5.97 Å². The molecule has 0 spiro atoms. The van der Waals surface area contributed by atoms with Crippen LogP contribution in [0.2, 0.25) is 0 Å². The van der Waals surface area contributed by atoms with Crippen LogP contribution in [0.15, 0.2) is 0 Å². The van der Waals surface area contributed by atoms with Crippen molar-refractivity contribution in [3.8, 4) is 0 Å². The molecule has 3 atom stereocenters. The van der Waals surface area contributed by atoms with Gasteiger partial charge in [-0.2, -0.15) is 0 Å². The van der Waals surface area contributed by atoms with Crippen molar-refractivity contribution in [2.75, 3.05) is 0 Å². The number of alkyl halides is 5. The van der Waals surface area contributed by atoms with Gasteiger partial charge in [0.05, 0.1) is 11.3 Å². The second-order valence-corrected chi connectivity index (χ2v) is 7.59. The van der Waals surface area contributed by atoms with Gasteiger partial charge in [0.2, 0.25) is 0 Å². The number of carboxylic acids is 1. The summed E-state index contributed by atoms with van der Waals surface area (Å²) in [5, 5.41) is 8.51. The minimum absolute atomic E-state index is 0.599. The van der Waals surface area contributed by atoms with Gasteiger partial charge < -0.3 is 5.11 Å². The third kappa shape index (κ3) is 1.73. The number of rotatable bonds is 1. The van der Waals surface area contributed by atoms with Crippen LogP contribution in [-0.4, -0.2) is 25.1 Å². The zero-order valence-corrected chi connectivity index (χ0v) is 11.7. The number of carboxylic acid groups (broad SMARTS) is 1. The lowest BCUT2D eigenvalue weighted by molar-refractivity contribution is -0.153. The fourth-order valence-electron chi connectivity index (χ4n) is 1.92. The maximum absolute atomic E-state index is 11.2. The first-order valence-corrected chi connectivity index (χ1v) is 6.05. The average molecular weight is 314 g/mol. The summed E-state index contributed by atoms with van der Waals surface area (Å²) in [6, 6.07) is 0. The van der Waals surface area contributed by atoms with Crippen molar-refractivity contribution < 1.29 is 9.90 Å². The highest BCUT2D eigenvalue weighted by molar-refractivity contribution is 6.68. The fraction of sp³-hybridized carbons (Fsp3) is 0.875. The van der Waals surface area contributed by atoms with Crippen molar-refractivity contribution in [3.63, 3.8) is 0 Å². The van der Waals surface area contributed by atoms with E-state index >= 15 is 0 Å². The van der Waals surface area contributed by atoms with Gasteiger partial charge in [0.25, 0.3) is 0 Å². The molecule has 0 aromatic rings. The zero-order valence-electron chi connectivity index (χ0n) is 7.90. The Morgan fingerprint density at radius 2 is 1.73 bits per heavy atom. The molecule has 0 aromatic carbocycles. The van der Waals surface area contributed by atoms with Crippen molar-refractivity contribution in [2.24, 2.45) is 11.3 Å². The third-order valence-electron chi connectivity index (χ3n) is 3.01. The van der Waals surface area contributed by atoms with Crippen LogP contribution in [0, 0.1) is 11.3 Å². The number of hydrogen-bond acceptors (Lipinski definition) is 1. The molecule has 3 unspecified atom stereocenters. The van der Waals surface area contributed by atoms with E-state index in [0.29, 0.717) is 0 Å². The molecule has 15 heavy (non-hydrogen) atoms. The van der Waals surface area contributed by atoms with Crippen molar-refractivity contribution in [2.45, 2.75) is 27.9 Å². The molecule has 0 radical (unpaired) electrons. The van der Waals surface area contributed by atoms with Crippen LogP contribution in [0.3, 0.4) is 0 Å². The summed E-state index contributed by atoms with van der Waals surface area (Å²) in [4.78, 5) is 9.51. The highest BCUT2D eigenvalue weighted by atomic mass is 35.6. The van der Waals surface area contributed by atoms with Crippen LogP contribution in [0.1, 0.15) is 13.8 Å². The van der Waals surface area contributed by atoms with E-state index in [0.717, 1.165) is 0 Å². The minimum Gasteiger partial charge on any atom is -0.480 e. The van der Waals surface area contributed by atoms with Crippen LogP contribution in [0.5, 0.6) is 0 Å². The number of hydrogen-bond donors (Lipinski definition) is 1. The second kappa shape index (κ2) is 3.71. The average Bonchev–Trinajstić information content (AvgIpc) is 2.01. The van der Waals surface area contributed by atoms with Gasteiger partial charge in [-0.15, -0.1) is 23.2 Å². The van der Waals surface area contributed by atoms with Crippen molar-refractivity contribution in [1.29, 1.82) is 0 Å². The lowest BCUT2D eigenvalue weighted by Crippen LogP contribution is -2.73. The van der Waals surface area contributed by atoms with Crippen LogP contribution in [-0.2, 0) is 4.79 Å². The highest BCUT2D eigenvalue weighted by Crippen LogP contribution is 2.66. The van der Waals surface area contributed by atoms with E-state index in [-0.39, 0.29) is 0 Å². The van der Waals surface area contributed by atoms with Crippen LogP contribution in [0.4, 0.5) is 0 Å². The molecule has 1 fully saturated rings. The Hall–Kier alpha value is 0.920. The smallest absolute Gasteiger partial charge is 0.325 e. The Labute approximate surface area is 113 Å². The highest BCUT2D eigenvalue weighted by Gasteiger charge is 2.75. The Morgan fingerprint density at radius 3 is 1.93 bits per heavy atom. The molecule has 1 aliphatic rings. The molecule has 1 aliphatic carbocycles. The number of halogens is 5. The molecular weight excluding hydrogens is 305 g/mol. The van der Waals surface area contributed by atoms with Gasteiger partial charge in [0.15, 0.2) is 8.67 Å². The van der Waals surface area contributed by atoms with Crippen molar-refractivity contribution in [3.05, 3.63) is 0 Å². The van der Waals surface area contributed by atoms with Gasteiger partial charge in [-0.25, -0.2) is 0 Å². The molecule has 0 saturated heterocycles. The van der Waals surface area contributed by atoms with Gasteiger partial charge in [-0.3, -0.25) is 4.79 Å². The van der Waals surface area contributed by atoms with E-state index in [9.17, 15) is 4.79 Å². The summed E-state index contributed by atoms with van der Waals surface area (Å²) in [7, 11) is 0. The SMILES string of the molecule is CC1(C)C(Cl)C(C(Cl)(Cl)Cl)C1(Cl)C(=O)O. The summed E-state index contributed by atoms with van der Waals surface area (Å²) < 4.78 is -1.79. The maximum Gasteiger partial charge on any atom is 0.325 e. The predicted octanol–water partition coefficient (Wildman–Crippen LogP) is 3.68. The van der Waals surface area contributed by atoms with Gasteiger partial charge in [0, 0.05) is 5.41 Å². The molecular formula is C8H9Cl5O2. The molecule has 2 nitrogen and oxygen atoms in total. The summed E-state index contributed by atoms with van der Waals surface area (Å²) in [5.41, 5.74) is -0.837.